The van der Waals surface area contributed by atoms with Crippen LogP contribution in [-0.2, 0) is 6.42 Å². The van der Waals surface area contributed by atoms with Crippen LogP contribution in [0, 0.1) is 5.82 Å². The Balaban J connectivity index is 2.59. The van der Waals surface area contributed by atoms with E-state index in [-0.39, 0.29) is 5.82 Å². The molecule has 0 saturated heterocycles. The fourth-order valence-corrected chi connectivity index (χ4v) is 1.92. The molecule has 1 atom stereocenters. The van der Waals surface area contributed by atoms with Gasteiger partial charge in [-0.1, -0.05) is 0 Å². The third-order valence-corrected chi connectivity index (χ3v) is 3.31. The minimum atomic E-state index is -0.219. The van der Waals surface area contributed by atoms with Gasteiger partial charge in [-0.15, -0.1) is 0 Å². The third-order valence-electron chi connectivity index (χ3n) is 3.31. The second-order valence-electron chi connectivity index (χ2n) is 4.61. The van der Waals surface area contributed by atoms with E-state index in [1.807, 2.05) is 0 Å². The van der Waals surface area contributed by atoms with Crippen molar-refractivity contribution in [2.75, 3.05) is 27.2 Å². The van der Waals surface area contributed by atoms with E-state index in [9.17, 15) is 4.39 Å². The molecule has 4 heteroatoms. The second kappa shape index (κ2) is 7.34. The van der Waals surface area contributed by atoms with E-state index in [0.717, 1.165) is 30.7 Å². The van der Waals surface area contributed by atoms with E-state index in [0.29, 0.717) is 12.6 Å². The number of ether oxygens (including phenoxy) is 1. The van der Waals surface area contributed by atoms with E-state index in [1.165, 1.54) is 6.07 Å². The van der Waals surface area contributed by atoms with Gasteiger partial charge in [0.1, 0.15) is 11.6 Å². The molecule has 0 aliphatic rings. The molecule has 1 aromatic rings. The molecule has 1 rings (SSSR count). The van der Waals surface area contributed by atoms with Crippen molar-refractivity contribution in [3.63, 3.8) is 0 Å². The highest BCUT2D eigenvalue weighted by Crippen LogP contribution is 2.20. The summed E-state index contributed by atoms with van der Waals surface area (Å²) in [6.07, 6.45) is 1.74. The Hall–Kier alpha value is -1.13. The number of nitrogens with zero attached hydrogens (tertiary/aromatic N) is 1. The average molecular weight is 254 g/mol. The average Bonchev–Trinajstić information content (AvgIpc) is 2.36. The monoisotopic (exact) mass is 254 g/mol. The van der Waals surface area contributed by atoms with Crippen LogP contribution in [0.15, 0.2) is 18.2 Å². The van der Waals surface area contributed by atoms with Crippen LogP contribution in [0.4, 0.5) is 4.39 Å². The zero-order valence-corrected chi connectivity index (χ0v) is 11.4. The van der Waals surface area contributed by atoms with E-state index < -0.39 is 0 Å². The molecule has 0 saturated carbocycles. The lowest BCUT2D eigenvalue weighted by atomic mass is 10.1. The molecular weight excluding hydrogens is 231 g/mol. The van der Waals surface area contributed by atoms with E-state index in [2.05, 4.69) is 18.9 Å². The van der Waals surface area contributed by atoms with E-state index >= 15 is 0 Å². The molecular formula is C14H23FN2O. The molecule has 0 amide bonds. The summed E-state index contributed by atoms with van der Waals surface area (Å²) in [5.41, 5.74) is 6.45. The lowest BCUT2D eigenvalue weighted by Gasteiger charge is -2.24. The van der Waals surface area contributed by atoms with Crippen LogP contribution >= 0.6 is 0 Å². The predicted octanol–water partition coefficient (Wildman–Crippen LogP) is 2.05. The number of nitrogens with two attached hydrogens (primary N) is 1. The highest BCUT2D eigenvalue weighted by Gasteiger charge is 2.10. The maximum Gasteiger partial charge on any atom is 0.123 e. The van der Waals surface area contributed by atoms with Crippen molar-refractivity contribution in [2.45, 2.75) is 25.8 Å². The summed E-state index contributed by atoms with van der Waals surface area (Å²) in [5, 5.41) is 0. The lowest BCUT2D eigenvalue weighted by molar-refractivity contribution is 0.250. The van der Waals surface area contributed by atoms with Crippen LogP contribution in [0.3, 0.4) is 0 Å². The van der Waals surface area contributed by atoms with Crippen molar-refractivity contribution >= 4 is 0 Å². The SMILES string of the molecule is COc1ccc(F)cc1CCN(C)C(C)CCN. The second-order valence-corrected chi connectivity index (χ2v) is 4.61. The summed E-state index contributed by atoms with van der Waals surface area (Å²) < 4.78 is 18.4. The molecule has 1 aromatic carbocycles. The first-order valence-electron chi connectivity index (χ1n) is 6.31. The number of halogens is 1. The number of rotatable bonds is 7. The van der Waals surface area contributed by atoms with Crippen molar-refractivity contribution in [1.82, 2.24) is 4.90 Å². The number of methoxy groups -OCH3 is 1. The fraction of sp³-hybridized carbons (Fsp3) is 0.571. The maximum atomic E-state index is 13.2. The first-order valence-corrected chi connectivity index (χ1v) is 6.31. The summed E-state index contributed by atoms with van der Waals surface area (Å²) in [5.74, 6) is 0.528. The van der Waals surface area contributed by atoms with Gasteiger partial charge in [0.15, 0.2) is 0 Å². The van der Waals surface area contributed by atoms with Gasteiger partial charge in [-0.25, -0.2) is 4.39 Å². The zero-order valence-electron chi connectivity index (χ0n) is 11.4. The highest BCUT2D eigenvalue weighted by molar-refractivity contribution is 5.34. The minimum absolute atomic E-state index is 0.219. The molecule has 0 heterocycles. The predicted molar refractivity (Wildman–Crippen MR) is 72.4 cm³/mol. The molecule has 0 aliphatic heterocycles. The van der Waals surface area contributed by atoms with Crippen LogP contribution in [-0.4, -0.2) is 38.2 Å². The van der Waals surface area contributed by atoms with Gasteiger partial charge in [-0.2, -0.15) is 0 Å². The molecule has 3 nitrogen and oxygen atoms in total. The van der Waals surface area contributed by atoms with Crippen molar-refractivity contribution in [3.8, 4) is 5.75 Å². The molecule has 18 heavy (non-hydrogen) atoms. The molecule has 2 N–H and O–H groups in total. The Morgan fingerprint density at radius 1 is 1.44 bits per heavy atom. The van der Waals surface area contributed by atoms with Crippen molar-refractivity contribution in [2.24, 2.45) is 5.73 Å². The summed E-state index contributed by atoms with van der Waals surface area (Å²) in [4.78, 5) is 2.23. The molecule has 1 unspecified atom stereocenters. The van der Waals surface area contributed by atoms with Crippen LogP contribution < -0.4 is 10.5 Å². The van der Waals surface area contributed by atoms with E-state index in [4.69, 9.17) is 10.5 Å². The van der Waals surface area contributed by atoms with Crippen LogP contribution in [0.1, 0.15) is 18.9 Å². The first-order chi connectivity index (χ1) is 8.58. The Kier molecular flexibility index (Phi) is 6.09. The quantitative estimate of drug-likeness (QED) is 0.809. The normalized spacial score (nSPS) is 12.8. The van der Waals surface area contributed by atoms with Gasteiger partial charge in [0, 0.05) is 12.6 Å². The van der Waals surface area contributed by atoms with Crippen molar-refractivity contribution in [1.29, 1.82) is 0 Å². The van der Waals surface area contributed by atoms with Gasteiger partial charge in [0.05, 0.1) is 7.11 Å². The summed E-state index contributed by atoms with van der Waals surface area (Å²) in [6, 6.07) is 5.08. The van der Waals surface area contributed by atoms with Gasteiger partial charge in [0.25, 0.3) is 0 Å². The molecule has 0 aromatic heterocycles. The summed E-state index contributed by atoms with van der Waals surface area (Å²) >= 11 is 0. The smallest absolute Gasteiger partial charge is 0.123 e. The van der Waals surface area contributed by atoms with Gasteiger partial charge in [-0.05, 0) is 57.1 Å². The Labute approximate surface area is 109 Å². The number of hydrogen-bond donors (Lipinski definition) is 1. The third kappa shape index (κ3) is 4.27. The number of hydrogen-bond acceptors (Lipinski definition) is 3. The molecule has 0 spiro atoms. The first kappa shape index (κ1) is 14.9. The summed E-state index contributed by atoms with van der Waals surface area (Å²) in [6.45, 7) is 3.70. The van der Waals surface area contributed by atoms with Gasteiger partial charge >= 0.3 is 0 Å². The fourth-order valence-electron chi connectivity index (χ4n) is 1.92. The number of benzene rings is 1. The molecule has 0 aliphatic carbocycles. The van der Waals surface area contributed by atoms with Crippen LogP contribution in [0.5, 0.6) is 5.75 Å². The number of likely N-dealkylation sites (N-methyl/N-ethyl adjacent to an activating group) is 1. The van der Waals surface area contributed by atoms with Gasteiger partial charge < -0.3 is 15.4 Å². The van der Waals surface area contributed by atoms with Gasteiger partial charge in [-0.3, -0.25) is 0 Å². The Morgan fingerprint density at radius 2 is 2.17 bits per heavy atom. The molecule has 0 radical (unpaired) electrons. The Bertz CT molecular complexity index is 371. The van der Waals surface area contributed by atoms with Crippen LogP contribution in [0.2, 0.25) is 0 Å². The van der Waals surface area contributed by atoms with Crippen molar-refractivity contribution in [3.05, 3.63) is 29.6 Å². The molecule has 0 bridgehead atoms. The molecule has 102 valence electrons. The van der Waals surface area contributed by atoms with Gasteiger partial charge in [0.2, 0.25) is 0 Å². The minimum Gasteiger partial charge on any atom is -0.496 e. The lowest BCUT2D eigenvalue weighted by Crippen LogP contribution is -2.32. The zero-order chi connectivity index (χ0) is 13.5. The summed E-state index contributed by atoms with van der Waals surface area (Å²) in [7, 11) is 3.67. The Morgan fingerprint density at radius 3 is 2.78 bits per heavy atom. The van der Waals surface area contributed by atoms with E-state index in [1.54, 1.807) is 19.2 Å². The molecule has 0 fully saturated rings. The van der Waals surface area contributed by atoms with Crippen LogP contribution in [0.25, 0.3) is 0 Å². The highest BCUT2D eigenvalue weighted by atomic mass is 19.1. The standard InChI is InChI=1S/C14H23FN2O/c1-11(6-8-16)17(2)9-7-12-10-13(15)4-5-14(12)18-3/h4-5,10-11H,6-9,16H2,1-3H3. The van der Waals surface area contributed by atoms with Crippen molar-refractivity contribution < 1.29 is 9.13 Å². The topological polar surface area (TPSA) is 38.5 Å². The largest absolute Gasteiger partial charge is 0.496 e. The maximum absolute atomic E-state index is 13.2.